The summed E-state index contributed by atoms with van der Waals surface area (Å²) in [5.74, 6) is -1.84. The Balaban J connectivity index is 0.000000396. The number of nitrogens with one attached hydrogen (secondary N) is 1. The maximum atomic E-state index is 10.6. The van der Waals surface area contributed by atoms with Crippen molar-refractivity contribution < 1.29 is 27.8 Å². The zero-order chi connectivity index (χ0) is 22.3. The molecule has 0 unspecified atom stereocenters. The molecule has 0 radical (unpaired) electrons. The Morgan fingerprint density at radius 1 is 1.00 bits per heavy atom. The van der Waals surface area contributed by atoms with Gasteiger partial charge in [-0.05, 0) is 46.7 Å². The summed E-state index contributed by atoms with van der Waals surface area (Å²) >= 11 is 0. The molecule has 158 valence electrons. The van der Waals surface area contributed by atoms with Crippen LogP contribution in [0.5, 0.6) is 5.75 Å². The molecule has 0 aliphatic heterocycles. The molecule has 6 N–H and O–H groups in total. The van der Waals surface area contributed by atoms with Crippen LogP contribution in [0.15, 0.2) is 60.7 Å². The minimum atomic E-state index is -5.08. The topological polar surface area (TPSA) is 122 Å². The Morgan fingerprint density at radius 3 is 2.13 bits per heavy atom. The number of ether oxygens (including phenoxy) is 1. The van der Waals surface area contributed by atoms with E-state index in [2.05, 4.69) is 0 Å². The number of hydrogen-bond acceptors (Lipinski definition) is 4. The molecule has 0 aliphatic carbocycles. The SMILES string of the molecule is N=C(N)c1ccc2cc(OCCc3ccc(N)cc3)ccc2c1.O=C(O)C(F)(F)F. The lowest BCUT2D eigenvalue weighted by molar-refractivity contribution is -0.192. The highest BCUT2D eigenvalue weighted by molar-refractivity contribution is 5.99. The van der Waals surface area contributed by atoms with Gasteiger partial charge in [0, 0.05) is 17.7 Å². The molecule has 0 bridgehead atoms. The summed E-state index contributed by atoms with van der Waals surface area (Å²) < 4.78 is 37.6. The van der Waals surface area contributed by atoms with Gasteiger partial charge in [-0.1, -0.05) is 30.3 Å². The van der Waals surface area contributed by atoms with E-state index >= 15 is 0 Å². The number of benzene rings is 3. The van der Waals surface area contributed by atoms with Gasteiger partial charge in [-0.25, -0.2) is 4.79 Å². The van der Waals surface area contributed by atoms with Crippen LogP contribution in [0.3, 0.4) is 0 Å². The van der Waals surface area contributed by atoms with Crippen molar-refractivity contribution in [2.75, 3.05) is 12.3 Å². The van der Waals surface area contributed by atoms with E-state index in [1.54, 1.807) is 0 Å². The lowest BCUT2D eigenvalue weighted by Crippen LogP contribution is -2.21. The minimum Gasteiger partial charge on any atom is -0.493 e. The van der Waals surface area contributed by atoms with Crippen LogP contribution in [0.2, 0.25) is 0 Å². The Kier molecular flexibility index (Phi) is 7.24. The van der Waals surface area contributed by atoms with E-state index < -0.39 is 12.1 Å². The van der Waals surface area contributed by atoms with Crippen LogP contribution in [0, 0.1) is 5.41 Å². The maximum Gasteiger partial charge on any atom is 0.490 e. The van der Waals surface area contributed by atoms with Crippen LogP contribution >= 0.6 is 0 Å². The highest BCUT2D eigenvalue weighted by Crippen LogP contribution is 2.22. The molecule has 3 rings (SSSR count). The Bertz CT molecular complexity index is 1040. The van der Waals surface area contributed by atoms with Crippen LogP contribution in [0.25, 0.3) is 10.8 Å². The molecule has 9 heteroatoms. The van der Waals surface area contributed by atoms with Gasteiger partial charge < -0.3 is 21.3 Å². The molecule has 0 fully saturated rings. The van der Waals surface area contributed by atoms with Gasteiger partial charge in [0.15, 0.2) is 0 Å². The summed E-state index contributed by atoms with van der Waals surface area (Å²) in [5, 5.41) is 16.7. The minimum absolute atomic E-state index is 0.0794. The molecule has 3 aromatic carbocycles. The van der Waals surface area contributed by atoms with E-state index in [9.17, 15) is 13.2 Å². The summed E-state index contributed by atoms with van der Waals surface area (Å²) in [6.45, 7) is 0.612. The molecular weight excluding hydrogens is 399 g/mol. The van der Waals surface area contributed by atoms with Crippen LogP contribution in [-0.2, 0) is 11.2 Å². The smallest absolute Gasteiger partial charge is 0.490 e. The lowest BCUT2D eigenvalue weighted by Gasteiger charge is -2.08. The number of rotatable bonds is 5. The van der Waals surface area contributed by atoms with Gasteiger partial charge in [-0.15, -0.1) is 0 Å². The third kappa shape index (κ3) is 6.69. The van der Waals surface area contributed by atoms with Crippen molar-refractivity contribution in [2.24, 2.45) is 5.73 Å². The summed E-state index contributed by atoms with van der Waals surface area (Å²) in [7, 11) is 0. The number of anilines is 1. The molecule has 0 aromatic heterocycles. The average molecular weight is 419 g/mol. The second-order valence-corrected chi connectivity index (χ2v) is 6.28. The molecule has 0 saturated carbocycles. The molecule has 30 heavy (non-hydrogen) atoms. The number of carboxylic acid groups (broad SMARTS) is 1. The van der Waals surface area contributed by atoms with E-state index in [-0.39, 0.29) is 5.84 Å². The summed E-state index contributed by atoms with van der Waals surface area (Å²) in [4.78, 5) is 8.90. The van der Waals surface area contributed by atoms with Crippen LogP contribution in [-0.4, -0.2) is 29.7 Å². The van der Waals surface area contributed by atoms with Crippen LogP contribution in [0.1, 0.15) is 11.1 Å². The van der Waals surface area contributed by atoms with E-state index in [1.807, 2.05) is 60.7 Å². The zero-order valence-corrected chi connectivity index (χ0v) is 15.7. The second-order valence-electron chi connectivity index (χ2n) is 6.28. The molecule has 0 heterocycles. The molecule has 0 saturated heterocycles. The number of alkyl halides is 3. The van der Waals surface area contributed by atoms with Crippen molar-refractivity contribution in [3.63, 3.8) is 0 Å². The first kappa shape index (κ1) is 22.5. The number of amidine groups is 1. The molecule has 6 nitrogen and oxygen atoms in total. The van der Waals surface area contributed by atoms with Crippen molar-refractivity contribution in [1.29, 1.82) is 5.41 Å². The predicted molar refractivity (Wildman–Crippen MR) is 109 cm³/mol. The fourth-order valence-corrected chi connectivity index (χ4v) is 2.45. The van der Waals surface area contributed by atoms with Crippen molar-refractivity contribution in [1.82, 2.24) is 0 Å². The van der Waals surface area contributed by atoms with E-state index in [1.165, 1.54) is 5.56 Å². The van der Waals surface area contributed by atoms with Crippen LogP contribution in [0.4, 0.5) is 18.9 Å². The number of nitrogen functional groups attached to an aromatic ring is 2. The average Bonchev–Trinajstić information content (AvgIpc) is 2.68. The lowest BCUT2D eigenvalue weighted by atomic mass is 10.1. The number of nitrogens with two attached hydrogens (primary N) is 2. The largest absolute Gasteiger partial charge is 0.493 e. The van der Waals surface area contributed by atoms with Gasteiger partial charge in [-0.2, -0.15) is 13.2 Å². The predicted octanol–water partition coefficient (Wildman–Crippen LogP) is 3.96. The zero-order valence-electron chi connectivity index (χ0n) is 15.7. The Hall–Kier alpha value is -3.75. The van der Waals surface area contributed by atoms with E-state index in [0.717, 1.165) is 34.2 Å². The van der Waals surface area contributed by atoms with E-state index in [4.69, 9.17) is 31.5 Å². The molecular formula is C21H20F3N3O3. The van der Waals surface area contributed by atoms with Gasteiger partial charge >= 0.3 is 12.1 Å². The first-order chi connectivity index (χ1) is 14.1. The van der Waals surface area contributed by atoms with Gasteiger partial charge in [-0.3, -0.25) is 5.41 Å². The van der Waals surface area contributed by atoms with Crippen molar-refractivity contribution in [3.05, 3.63) is 71.8 Å². The van der Waals surface area contributed by atoms with Gasteiger partial charge in [0.1, 0.15) is 11.6 Å². The Morgan fingerprint density at radius 2 is 1.57 bits per heavy atom. The summed E-state index contributed by atoms with van der Waals surface area (Å²) in [6.07, 6.45) is -4.25. The first-order valence-corrected chi connectivity index (χ1v) is 8.72. The van der Waals surface area contributed by atoms with E-state index in [0.29, 0.717) is 6.61 Å². The second kappa shape index (κ2) is 9.64. The molecule has 0 atom stereocenters. The maximum absolute atomic E-state index is 10.6. The number of fused-ring (bicyclic) bond motifs is 1. The monoisotopic (exact) mass is 419 g/mol. The quantitative estimate of drug-likeness (QED) is 0.283. The summed E-state index contributed by atoms with van der Waals surface area (Å²) in [5.41, 5.74) is 13.9. The van der Waals surface area contributed by atoms with Gasteiger partial charge in [0.05, 0.1) is 6.61 Å². The molecule has 0 aliphatic rings. The third-order valence-electron chi connectivity index (χ3n) is 4.00. The number of aliphatic carboxylic acids is 1. The van der Waals surface area contributed by atoms with Gasteiger partial charge in [0.2, 0.25) is 0 Å². The normalized spacial score (nSPS) is 10.8. The number of hydrogen-bond donors (Lipinski definition) is 4. The highest BCUT2D eigenvalue weighted by atomic mass is 19.4. The fraction of sp³-hybridized carbons (Fsp3) is 0.143. The van der Waals surface area contributed by atoms with Crippen molar-refractivity contribution in [3.8, 4) is 5.75 Å². The van der Waals surface area contributed by atoms with Crippen molar-refractivity contribution >= 4 is 28.3 Å². The molecule has 0 amide bonds. The highest BCUT2D eigenvalue weighted by Gasteiger charge is 2.38. The van der Waals surface area contributed by atoms with Crippen molar-refractivity contribution in [2.45, 2.75) is 12.6 Å². The first-order valence-electron chi connectivity index (χ1n) is 8.72. The van der Waals surface area contributed by atoms with Crippen LogP contribution < -0.4 is 16.2 Å². The number of carboxylic acids is 1. The fourth-order valence-electron chi connectivity index (χ4n) is 2.45. The third-order valence-corrected chi connectivity index (χ3v) is 4.00. The standard InChI is InChI=1S/C19H19N3O.C2HF3O2/c20-17-6-1-13(2-7-17)9-10-23-18-8-5-14-11-16(19(21)22)4-3-15(14)12-18;3-2(4,5)1(6)7/h1-8,11-12H,9-10,20H2,(H3,21,22);(H,6,7). The molecule has 3 aromatic rings. The number of carbonyl (C=O) groups is 1. The molecule has 0 spiro atoms. The van der Waals surface area contributed by atoms with Gasteiger partial charge in [0.25, 0.3) is 0 Å². The summed E-state index contributed by atoms with van der Waals surface area (Å²) in [6, 6.07) is 19.5. The Labute approximate surface area is 170 Å². The number of halogens is 3.